The van der Waals surface area contributed by atoms with Gasteiger partial charge in [0, 0.05) is 0 Å². The molecule has 0 aliphatic rings. The summed E-state index contributed by atoms with van der Waals surface area (Å²) >= 11 is 0. The smallest absolute Gasteiger partial charge is 0.744 e. The topological polar surface area (TPSA) is 66.4 Å². The Bertz CT molecular complexity index is 508. The van der Waals surface area contributed by atoms with Gasteiger partial charge in [0.15, 0.2) is 0 Å². The molecule has 1 aromatic carbocycles. The summed E-state index contributed by atoms with van der Waals surface area (Å²) in [6.07, 6.45) is 0. The van der Waals surface area contributed by atoms with Crippen molar-refractivity contribution in [3.05, 3.63) is 35.9 Å². The Morgan fingerprint density at radius 3 is 2.47 bits per heavy atom. The maximum Gasteiger partial charge on any atom is 1.00 e. The molecule has 0 heterocycles. The van der Waals surface area contributed by atoms with Gasteiger partial charge in [0.2, 0.25) is 0 Å². The van der Waals surface area contributed by atoms with E-state index in [2.05, 4.69) is 6.58 Å². The first-order chi connectivity index (χ1) is 7.30. The standard InChI is InChI=1S/C11H14O4S.Na/c1-8(2)7-15-11-5-4-10(6-9(11)3)16(12,13)14;/h4-6H,1,7H2,2-3H3,(H,12,13,14);/q;+1/p-1. The van der Waals surface area contributed by atoms with Crippen molar-refractivity contribution in [1.29, 1.82) is 0 Å². The van der Waals surface area contributed by atoms with Crippen LogP contribution in [0.5, 0.6) is 5.75 Å². The monoisotopic (exact) mass is 264 g/mol. The van der Waals surface area contributed by atoms with E-state index in [9.17, 15) is 13.0 Å². The fourth-order valence-electron chi connectivity index (χ4n) is 1.14. The number of ether oxygens (including phenoxy) is 1. The van der Waals surface area contributed by atoms with Crippen LogP contribution in [0.25, 0.3) is 0 Å². The largest absolute Gasteiger partial charge is 1.00 e. The molecular weight excluding hydrogens is 251 g/mol. The summed E-state index contributed by atoms with van der Waals surface area (Å²) in [7, 11) is -4.40. The maximum atomic E-state index is 10.8. The summed E-state index contributed by atoms with van der Waals surface area (Å²) in [5.74, 6) is 0.551. The minimum atomic E-state index is -4.40. The third kappa shape index (κ3) is 5.23. The quantitative estimate of drug-likeness (QED) is 0.391. The number of hydrogen-bond acceptors (Lipinski definition) is 4. The van der Waals surface area contributed by atoms with Crippen LogP contribution in [0.3, 0.4) is 0 Å². The van der Waals surface area contributed by atoms with Gasteiger partial charge < -0.3 is 9.29 Å². The molecule has 0 saturated heterocycles. The molecule has 1 rings (SSSR count). The summed E-state index contributed by atoms with van der Waals surface area (Å²) in [5, 5.41) is 0. The normalized spacial score (nSPS) is 10.5. The van der Waals surface area contributed by atoms with Gasteiger partial charge in [-0.3, -0.25) is 0 Å². The molecule has 6 heteroatoms. The predicted molar refractivity (Wildman–Crippen MR) is 59.5 cm³/mol. The number of aryl methyl sites for hydroxylation is 1. The summed E-state index contributed by atoms with van der Waals surface area (Å²) < 4.78 is 37.6. The summed E-state index contributed by atoms with van der Waals surface area (Å²) in [4.78, 5) is -0.243. The molecular formula is C11H13NaO4S. The van der Waals surface area contributed by atoms with Crippen molar-refractivity contribution in [2.45, 2.75) is 18.7 Å². The molecule has 0 bridgehead atoms. The third-order valence-electron chi connectivity index (χ3n) is 1.91. The fourth-order valence-corrected chi connectivity index (χ4v) is 1.70. The number of hydrogen-bond donors (Lipinski definition) is 0. The van der Waals surface area contributed by atoms with Gasteiger partial charge >= 0.3 is 29.6 Å². The van der Waals surface area contributed by atoms with Crippen molar-refractivity contribution in [3.8, 4) is 5.75 Å². The fraction of sp³-hybridized carbons (Fsp3) is 0.273. The van der Waals surface area contributed by atoms with Crippen LogP contribution in [0, 0.1) is 6.92 Å². The molecule has 0 fully saturated rings. The zero-order chi connectivity index (χ0) is 12.3. The van der Waals surface area contributed by atoms with Gasteiger partial charge in [-0.1, -0.05) is 6.58 Å². The van der Waals surface area contributed by atoms with Gasteiger partial charge in [0.05, 0.1) is 4.90 Å². The van der Waals surface area contributed by atoms with Crippen molar-refractivity contribution in [2.75, 3.05) is 6.61 Å². The summed E-state index contributed by atoms with van der Waals surface area (Å²) in [5.41, 5.74) is 1.47. The van der Waals surface area contributed by atoms with Crippen molar-refractivity contribution in [3.63, 3.8) is 0 Å². The Kier molecular flexibility index (Phi) is 6.43. The minimum Gasteiger partial charge on any atom is -0.744 e. The van der Waals surface area contributed by atoms with Gasteiger partial charge in [-0.05, 0) is 43.2 Å². The predicted octanol–water partition coefficient (Wildman–Crippen LogP) is -1.14. The van der Waals surface area contributed by atoms with Gasteiger partial charge in [-0.2, -0.15) is 0 Å². The van der Waals surface area contributed by atoms with Crippen LogP contribution in [-0.4, -0.2) is 19.6 Å². The Hall–Kier alpha value is -0.330. The summed E-state index contributed by atoms with van der Waals surface area (Å²) in [6.45, 7) is 7.56. The van der Waals surface area contributed by atoms with Crippen LogP contribution < -0.4 is 34.3 Å². The van der Waals surface area contributed by atoms with E-state index < -0.39 is 10.1 Å². The third-order valence-corrected chi connectivity index (χ3v) is 2.74. The van der Waals surface area contributed by atoms with Gasteiger partial charge in [-0.25, -0.2) is 8.42 Å². The molecule has 4 nitrogen and oxygen atoms in total. The first-order valence-corrected chi connectivity index (χ1v) is 6.05. The van der Waals surface area contributed by atoms with Crippen molar-refractivity contribution < 1.29 is 47.3 Å². The second-order valence-electron chi connectivity index (χ2n) is 3.63. The molecule has 0 N–H and O–H groups in total. The molecule has 0 radical (unpaired) electrons. The van der Waals surface area contributed by atoms with Crippen molar-refractivity contribution in [1.82, 2.24) is 0 Å². The van der Waals surface area contributed by atoms with E-state index in [1.807, 2.05) is 6.92 Å². The van der Waals surface area contributed by atoms with E-state index >= 15 is 0 Å². The zero-order valence-electron chi connectivity index (χ0n) is 10.2. The first kappa shape index (κ1) is 16.7. The van der Waals surface area contributed by atoms with Gasteiger partial charge in [-0.15, -0.1) is 0 Å². The van der Waals surface area contributed by atoms with Crippen LogP contribution in [0.2, 0.25) is 0 Å². The average molecular weight is 264 g/mol. The number of benzene rings is 1. The Labute approximate surface area is 124 Å². The minimum absolute atomic E-state index is 0. The van der Waals surface area contributed by atoms with Crippen LogP contribution >= 0.6 is 0 Å². The Balaban J connectivity index is 0.00000256. The van der Waals surface area contributed by atoms with Crippen LogP contribution in [0.4, 0.5) is 0 Å². The van der Waals surface area contributed by atoms with E-state index in [1.165, 1.54) is 18.2 Å². The average Bonchev–Trinajstić information content (AvgIpc) is 2.14. The Morgan fingerprint density at radius 2 is 2.06 bits per heavy atom. The second kappa shape index (κ2) is 6.56. The van der Waals surface area contributed by atoms with E-state index in [0.717, 1.165) is 5.57 Å². The molecule has 0 saturated carbocycles. The molecule has 0 unspecified atom stereocenters. The molecule has 17 heavy (non-hydrogen) atoms. The van der Waals surface area contributed by atoms with Crippen molar-refractivity contribution >= 4 is 10.1 Å². The molecule has 0 amide bonds. The molecule has 0 aliphatic heterocycles. The molecule has 0 aromatic heterocycles. The SMILES string of the molecule is C=C(C)COc1ccc(S(=O)(=O)[O-])cc1C.[Na+]. The second-order valence-corrected chi connectivity index (χ2v) is 5.01. The molecule has 0 aliphatic carbocycles. The van der Waals surface area contributed by atoms with Crippen LogP contribution in [0.15, 0.2) is 35.2 Å². The Morgan fingerprint density at radius 1 is 1.47 bits per heavy atom. The van der Waals surface area contributed by atoms with E-state index in [1.54, 1.807) is 6.92 Å². The molecule has 0 atom stereocenters. The molecule has 88 valence electrons. The van der Waals surface area contributed by atoms with Crippen LogP contribution in [0.1, 0.15) is 12.5 Å². The van der Waals surface area contributed by atoms with Crippen molar-refractivity contribution in [2.24, 2.45) is 0 Å². The maximum absolute atomic E-state index is 10.8. The molecule has 1 aromatic rings. The van der Waals surface area contributed by atoms with Gasteiger partial charge in [0.25, 0.3) is 0 Å². The van der Waals surface area contributed by atoms with E-state index in [0.29, 0.717) is 17.9 Å². The zero-order valence-corrected chi connectivity index (χ0v) is 13.0. The van der Waals surface area contributed by atoms with Gasteiger partial charge in [0.1, 0.15) is 22.5 Å². The van der Waals surface area contributed by atoms with Crippen LogP contribution in [-0.2, 0) is 10.1 Å². The first-order valence-electron chi connectivity index (χ1n) is 4.64. The number of rotatable bonds is 4. The summed E-state index contributed by atoms with van der Waals surface area (Å²) in [6, 6.07) is 4.02. The van der Waals surface area contributed by atoms with E-state index in [-0.39, 0.29) is 34.5 Å². The van der Waals surface area contributed by atoms with E-state index in [4.69, 9.17) is 4.74 Å². The molecule has 0 spiro atoms.